The van der Waals surface area contributed by atoms with Crippen molar-refractivity contribution >= 4 is 27.9 Å². The SMILES string of the molecule is CCOc1cc([C@@H]2NC(=O)N(C)C(C)=C2C(=O)OC2CCCC2)cc(Br)c1O. The molecule has 0 saturated heterocycles. The van der Waals surface area contributed by atoms with Crippen molar-refractivity contribution in [3.05, 3.63) is 33.4 Å². The lowest BCUT2D eigenvalue weighted by molar-refractivity contribution is -0.144. The highest BCUT2D eigenvalue weighted by atomic mass is 79.9. The van der Waals surface area contributed by atoms with Crippen molar-refractivity contribution < 1.29 is 24.2 Å². The topological polar surface area (TPSA) is 88.1 Å². The van der Waals surface area contributed by atoms with E-state index in [9.17, 15) is 14.7 Å². The Bertz CT molecular complexity index is 817. The number of halogens is 1. The number of amides is 2. The summed E-state index contributed by atoms with van der Waals surface area (Å²) in [6.07, 6.45) is 3.76. The van der Waals surface area contributed by atoms with Crippen molar-refractivity contribution in [2.75, 3.05) is 13.7 Å². The van der Waals surface area contributed by atoms with Gasteiger partial charge >= 0.3 is 12.0 Å². The van der Waals surface area contributed by atoms with Crippen LogP contribution in [0.1, 0.15) is 51.1 Å². The maximum Gasteiger partial charge on any atom is 0.338 e. The van der Waals surface area contributed by atoms with Crippen LogP contribution >= 0.6 is 15.9 Å². The maximum atomic E-state index is 13.0. The summed E-state index contributed by atoms with van der Waals surface area (Å²) in [4.78, 5) is 26.8. The van der Waals surface area contributed by atoms with Crippen molar-refractivity contribution in [3.8, 4) is 11.5 Å². The van der Waals surface area contributed by atoms with E-state index >= 15 is 0 Å². The first-order chi connectivity index (χ1) is 13.3. The van der Waals surface area contributed by atoms with E-state index in [4.69, 9.17) is 9.47 Å². The van der Waals surface area contributed by atoms with Gasteiger partial charge in [-0.05, 0) is 73.2 Å². The summed E-state index contributed by atoms with van der Waals surface area (Å²) >= 11 is 3.32. The fourth-order valence-corrected chi connectivity index (χ4v) is 4.06. The number of hydrogen-bond donors (Lipinski definition) is 2. The average Bonchev–Trinajstić information content (AvgIpc) is 3.16. The molecule has 8 heteroatoms. The van der Waals surface area contributed by atoms with E-state index in [-0.39, 0.29) is 23.6 Å². The van der Waals surface area contributed by atoms with Gasteiger partial charge in [0.25, 0.3) is 0 Å². The molecular formula is C20H25BrN2O5. The number of allylic oxidation sites excluding steroid dienone is 1. The minimum atomic E-state index is -0.700. The molecule has 0 spiro atoms. The first-order valence-corrected chi connectivity index (χ1v) is 10.2. The summed E-state index contributed by atoms with van der Waals surface area (Å²) in [5.74, 6) is -0.176. The number of aromatic hydroxyl groups is 1. The fraction of sp³-hybridized carbons (Fsp3) is 0.500. The molecule has 1 aliphatic heterocycles. The Morgan fingerprint density at radius 1 is 1.36 bits per heavy atom. The van der Waals surface area contributed by atoms with E-state index in [1.807, 2.05) is 6.92 Å². The van der Waals surface area contributed by atoms with Gasteiger partial charge in [0.2, 0.25) is 0 Å². The van der Waals surface area contributed by atoms with Crippen molar-refractivity contribution in [1.82, 2.24) is 10.2 Å². The quantitative estimate of drug-likeness (QED) is 0.658. The second-order valence-corrected chi connectivity index (χ2v) is 7.89. The minimum Gasteiger partial charge on any atom is -0.503 e. The van der Waals surface area contributed by atoms with Crippen LogP contribution in [-0.4, -0.2) is 41.8 Å². The second-order valence-electron chi connectivity index (χ2n) is 7.03. The maximum absolute atomic E-state index is 13.0. The normalized spacial score (nSPS) is 20.4. The Morgan fingerprint density at radius 3 is 2.68 bits per heavy atom. The molecule has 2 amide bonds. The Balaban J connectivity index is 2.01. The third kappa shape index (κ3) is 3.97. The highest BCUT2D eigenvalue weighted by molar-refractivity contribution is 9.10. The third-order valence-electron chi connectivity index (χ3n) is 5.23. The van der Waals surface area contributed by atoms with Gasteiger partial charge in [-0.15, -0.1) is 0 Å². The van der Waals surface area contributed by atoms with Gasteiger partial charge in [0, 0.05) is 12.7 Å². The Morgan fingerprint density at radius 2 is 2.04 bits per heavy atom. The number of carbonyl (C=O) groups is 2. The summed E-state index contributed by atoms with van der Waals surface area (Å²) < 4.78 is 11.6. The number of nitrogens with one attached hydrogen (secondary N) is 1. The number of phenolic OH excluding ortho intramolecular Hbond substituents is 1. The van der Waals surface area contributed by atoms with E-state index in [1.54, 1.807) is 26.1 Å². The highest BCUT2D eigenvalue weighted by Crippen LogP contribution is 2.40. The molecule has 2 aliphatic rings. The van der Waals surface area contributed by atoms with E-state index in [0.717, 1.165) is 25.7 Å². The number of nitrogens with zero attached hydrogens (tertiary/aromatic N) is 1. The average molecular weight is 453 g/mol. The first-order valence-electron chi connectivity index (χ1n) is 9.44. The molecule has 1 saturated carbocycles. The molecule has 1 fully saturated rings. The molecule has 7 nitrogen and oxygen atoms in total. The molecule has 28 heavy (non-hydrogen) atoms. The molecule has 1 atom stereocenters. The summed E-state index contributed by atoms with van der Waals surface area (Å²) in [5.41, 5.74) is 1.54. The zero-order chi connectivity index (χ0) is 20.4. The van der Waals surface area contributed by atoms with E-state index < -0.39 is 12.0 Å². The Labute approximate surface area is 172 Å². The molecule has 0 radical (unpaired) electrons. The van der Waals surface area contributed by atoms with Crippen LogP contribution in [0.4, 0.5) is 4.79 Å². The lowest BCUT2D eigenvalue weighted by atomic mass is 9.94. The van der Waals surface area contributed by atoms with Crippen LogP contribution < -0.4 is 10.1 Å². The summed E-state index contributed by atoms with van der Waals surface area (Å²) in [7, 11) is 1.61. The third-order valence-corrected chi connectivity index (χ3v) is 5.84. The molecule has 3 rings (SSSR count). The van der Waals surface area contributed by atoms with Gasteiger partial charge in [0.15, 0.2) is 11.5 Å². The molecule has 1 aliphatic carbocycles. The first kappa shape index (κ1) is 20.5. The lowest BCUT2D eigenvalue weighted by Gasteiger charge is -2.34. The zero-order valence-corrected chi connectivity index (χ0v) is 17.8. The molecule has 152 valence electrons. The van der Waals surface area contributed by atoms with Gasteiger partial charge in [-0.1, -0.05) is 0 Å². The Hall–Kier alpha value is -2.22. The van der Waals surface area contributed by atoms with Gasteiger partial charge in [0.1, 0.15) is 6.10 Å². The van der Waals surface area contributed by atoms with Crippen LogP contribution in [0.15, 0.2) is 27.9 Å². The van der Waals surface area contributed by atoms with Crippen LogP contribution in [0.2, 0.25) is 0 Å². The predicted molar refractivity (Wildman–Crippen MR) is 107 cm³/mol. The van der Waals surface area contributed by atoms with E-state index in [1.165, 1.54) is 4.90 Å². The summed E-state index contributed by atoms with van der Waals surface area (Å²) in [6.45, 7) is 3.91. The summed E-state index contributed by atoms with van der Waals surface area (Å²) in [6, 6.07) is 2.29. The molecule has 1 aromatic carbocycles. The Kier molecular flexibility index (Phi) is 6.17. The van der Waals surface area contributed by atoms with Gasteiger partial charge in [-0.2, -0.15) is 0 Å². The standard InChI is InChI=1S/C20H25BrN2O5/c1-4-27-15-10-12(9-14(21)18(15)24)17-16(11(2)23(3)20(26)22-17)19(25)28-13-7-5-6-8-13/h9-10,13,17,24H,4-8H2,1-3H3,(H,22,26)/t17-/m0/s1. The molecular weight excluding hydrogens is 428 g/mol. The largest absolute Gasteiger partial charge is 0.503 e. The van der Waals surface area contributed by atoms with Gasteiger partial charge < -0.3 is 24.8 Å². The van der Waals surface area contributed by atoms with Crippen molar-refractivity contribution in [2.45, 2.75) is 51.7 Å². The molecule has 0 bridgehead atoms. The van der Waals surface area contributed by atoms with E-state index in [0.29, 0.717) is 27.9 Å². The van der Waals surface area contributed by atoms with Crippen LogP contribution in [-0.2, 0) is 9.53 Å². The number of rotatable bonds is 5. The molecule has 2 N–H and O–H groups in total. The van der Waals surface area contributed by atoms with Crippen molar-refractivity contribution in [2.24, 2.45) is 0 Å². The number of benzene rings is 1. The van der Waals surface area contributed by atoms with Crippen LogP contribution in [0, 0.1) is 0 Å². The molecule has 0 unspecified atom stereocenters. The molecule has 0 aromatic heterocycles. The van der Waals surface area contributed by atoms with Crippen molar-refractivity contribution in [1.29, 1.82) is 0 Å². The van der Waals surface area contributed by atoms with Gasteiger partial charge in [-0.25, -0.2) is 9.59 Å². The van der Waals surface area contributed by atoms with Crippen LogP contribution in [0.3, 0.4) is 0 Å². The zero-order valence-electron chi connectivity index (χ0n) is 16.3. The number of esters is 1. The predicted octanol–water partition coefficient (Wildman–Crippen LogP) is 4.01. The van der Waals surface area contributed by atoms with Gasteiger partial charge in [-0.3, -0.25) is 0 Å². The molecule has 1 aromatic rings. The fourth-order valence-electron chi connectivity index (χ4n) is 3.60. The number of ether oxygens (including phenoxy) is 2. The number of urea groups is 1. The smallest absolute Gasteiger partial charge is 0.338 e. The number of carbonyl (C=O) groups excluding carboxylic acids is 2. The highest BCUT2D eigenvalue weighted by Gasteiger charge is 2.37. The summed E-state index contributed by atoms with van der Waals surface area (Å²) in [5, 5.41) is 13.0. The van der Waals surface area contributed by atoms with Crippen molar-refractivity contribution in [3.63, 3.8) is 0 Å². The van der Waals surface area contributed by atoms with Crippen LogP contribution in [0.25, 0.3) is 0 Å². The minimum absolute atomic E-state index is 0.0272. The van der Waals surface area contributed by atoms with E-state index in [2.05, 4.69) is 21.2 Å². The number of hydrogen-bond acceptors (Lipinski definition) is 5. The monoisotopic (exact) mass is 452 g/mol. The van der Waals surface area contributed by atoms with Crippen LogP contribution in [0.5, 0.6) is 11.5 Å². The second kappa shape index (κ2) is 8.43. The number of phenols is 1. The molecule has 1 heterocycles. The van der Waals surface area contributed by atoms with Gasteiger partial charge in [0.05, 0.1) is 22.7 Å². The lowest BCUT2D eigenvalue weighted by Crippen LogP contribution is -2.46.